The summed E-state index contributed by atoms with van der Waals surface area (Å²) in [6.45, 7) is 0.546. The van der Waals surface area contributed by atoms with Crippen LogP contribution >= 0.6 is 0 Å². The van der Waals surface area contributed by atoms with Crippen LogP contribution in [-0.2, 0) is 23.1 Å². The Morgan fingerprint density at radius 2 is 1.60 bits per heavy atom. The van der Waals surface area contributed by atoms with Crippen molar-refractivity contribution in [3.63, 3.8) is 0 Å². The van der Waals surface area contributed by atoms with Crippen molar-refractivity contribution in [3.8, 4) is 5.75 Å². The highest BCUT2D eigenvalue weighted by Crippen LogP contribution is 2.67. The molecule has 0 aliphatic heterocycles. The van der Waals surface area contributed by atoms with Crippen LogP contribution in [0.2, 0.25) is 0 Å². The smallest absolute Gasteiger partial charge is 0.310 e. The molecule has 3 fully saturated rings. The van der Waals surface area contributed by atoms with Crippen molar-refractivity contribution in [2.45, 2.75) is 115 Å². The normalized spacial score (nSPS) is 32.6. The van der Waals surface area contributed by atoms with Crippen LogP contribution < -0.4 is 5.73 Å². The molecule has 0 saturated heterocycles. The van der Waals surface area contributed by atoms with E-state index in [1.54, 1.807) is 6.07 Å². The number of phenolic OH excluding ortho intramolecular Hbond substituents is 1. The van der Waals surface area contributed by atoms with Crippen LogP contribution in [0, 0.1) is 58.7 Å². The molecule has 58 heavy (non-hydrogen) atoms. The number of benzene rings is 3. The number of allylic oxidation sites excluding steroid dienone is 4. The molecule has 2 bridgehead atoms. The van der Waals surface area contributed by atoms with Crippen molar-refractivity contribution in [1.29, 1.82) is 0 Å². The van der Waals surface area contributed by atoms with Crippen molar-refractivity contribution < 1.29 is 15.0 Å². The monoisotopic (exact) mass is 780 g/mol. The van der Waals surface area contributed by atoms with Crippen LogP contribution in [-0.4, -0.2) is 22.7 Å². The minimum absolute atomic E-state index is 0.0376. The second kappa shape index (κ2) is 18.6. The summed E-state index contributed by atoms with van der Waals surface area (Å²) in [5.41, 5.74) is 10.5. The predicted octanol–water partition coefficient (Wildman–Crippen LogP) is 12.3. The Bertz CT molecular complexity index is 1880. The van der Waals surface area contributed by atoms with Gasteiger partial charge in [0.1, 0.15) is 5.75 Å². The second-order valence-electron chi connectivity index (χ2n) is 19.3. The Kier molecular flexibility index (Phi) is 13.1. The van der Waals surface area contributed by atoms with Crippen molar-refractivity contribution in [2.75, 3.05) is 6.54 Å². The van der Waals surface area contributed by atoms with E-state index in [9.17, 15) is 15.0 Å². The van der Waals surface area contributed by atoms with Crippen LogP contribution in [0.25, 0.3) is 0 Å². The highest BCUT2D eigenvalue weighted by atomic mass is 16.4. The molecule has 0 aromatic heterocycles. The molecule has 6 aliphatic carbocycles. The minimum Gasteiger partial charge on any atom is -0.508 e. The Labute approximate surface area is 349 Å². The Morgan fingerprint density at radius 3 is 2.36 bits per heavy atom. The maximum absolute atomic E-state index is 13.6. The molecular formula is C54H69NO3. The maximum atomic E-state index is 13.6. The number of hydrogen-bond donors (Lipinski definition) is 3. The van der Waals surface area contributed by atoms with Gasteiger partial charge in [-0.2, -0.15) is 0 Å². The summed E-state index contributed by atoms with van der Waals surface area (Å²) < 4.78 is 0. The van der Waals surface area contributed by atoms with Crippen molar-refractivity contribution in [1.82, 2.24) is 0 Å². The zero-order chi connectivity index (χ0) is 40.0. The zero-order valence-corrected chi connectivity index (χ0v) is 34.9. The van der Waals surface area contributed by atoms with Crippen LogP contribution in [0.5, 0.6) is 5.75 Å². The average molecular weight is 780 g/mol. The highest BCUT2D eigenvalue weighted by molar-refractivity contribution is 5.73. The topological polar surface area (TPSA) is 83.6 Å². The Morgan fingerprint density at radius 1 is 0.828 bits per heavy atom. The van der Waals surface area contributed by atoms with E-state index in [0.29, 0.717) is 30.0 Å². The lowest BCUT2D eigenvalue weighted by Gasteiger charge is -2.64. The molecule has 4 heteroatoms. The Hall–Kier alpha value is -3.89. The van der Waals surface area contributed by atoms with Gasteiger partial charge in [0.25, 0.3) is 0 Å². The molecule has 0 spiro atoms. The van der Waals surface area contributed by atoms with Gasteiger partial charge >= 0.3 is 5.97 Å². The van der Waals surface area contributed by atoms with Crippen molar-refractivity contribution >= 4 is 5.97 Å². The molecule has 4 nitrogen and oxygen atoms in total. The number of aromatic hydroxyl groups is 1. The fourth-order valence-corrected chi connectivity index (χ4v) is 13.7. The van der Waals surface area contributed by atoms with E-state index in [-0.39, 0.29) is 34.5 Å². The molecule has 308 valence electrons. The second-order valence-corrected chi connectivity index (χ2v) is 19.3. The molecule has 4 N–H and O–H groups in total. The van der Waals surface area contributed by atoms with Gasteiger partial charge in [0, 0.05) is 5.41 Å². The number of carbonyl (C=O) groups is 1. The van der Waals surface area contributed by atoms with Gasteiger partial charge in [-0.1, -0.05) is 148 Å². The van der Waals surface area contributed by atoms with E-state index in [2.05, 4.69) is 97.1 Å². The van der Waals surface area contributed by atoms with Gasteiger partial charge in [0.15, 0.2) is 0 Å². The number of rotatable bonds is 15. The molecule has 3 aromatic carbocycles. The lowest BCUT2D eigenvalue weighted by Crippen LogP contribution is -2.61. The maximum Gasteiger partial charge on any atom is 0.310 e. The van der Waals surface area contributed by atoms with Gasteiger partial charge in [-0.05, 0) is 159 Å². The fraction of sp³-hybridized carbons (Fsp3) is 0.537. The number of carboxylic acids is 1. The first-order valence-electron chi connectivity index (χ1n) is 23.2. The molecule has 10 atom stereocenters. The van der Waals surface area contributed by atoms with E-state index in [0.717, 1.165) is 70.1 Å². The standard InChI is InChI=1S/C54H69NO3/c55-38-44-28-29-47(52(57)58)50-49-31-34-53(51(44)50,37-41(27-26-40-18-8-2-9-19-40)20-10-3-7-17-39-15-5-1-6-16-39)33-30-48-43(35-42-21-13-25-46(56)36-42)22-14-32-54(48,49)45-23-11-4-12-24-45/h2-4,8-13,18-19,21,23-25,28-29,31,34,36,39,41,43-44,47-51,56H,1,5-7,14-17,20,22,26-27,30,32-33,35,37-38,55H2,(H,57,58). The first-order valence-corrected chi connectivity index (χ1v) is 23.2. The minimum atomic E-state index is -0.690. The SMILES string of the molecule is NCC1C=CC(C(=O)O)C2C1C1(CC(CC=CCCC3CCCCC3)CCc3ccccc3)C=CC2C2(c3ccccc3)CCCC(Cc3cccc(O)c3)C2CC1. The number of aliphatic carboxylic acids is 1. The van der Waals surface area contributed by atoms with E-state index >= 15 is 0 Å². The van der Waals surface area contributed by atoms with Gasteiger partial charge < -0.3 is 15.9 Å². The number of hydrogen-bond acceptors (Lipinski definition) is 3. The lowest BCUT2D eigenvalue weighted by molar-refractivity contribution is -0.149. The summed E-state index contributed by atoms with van der Waals surface area (Å²) in [6, 6.07) is 30.1. The molecule has 3 saturated carbocycles. The molecule has 3 aromatic rings. The van der Waals surface area contributed by atoms with E-state index < -0.39 is 11.9 Å². The van der Waals surface area contributed by atoms with Crippen molar-refractivity contribution in [2.24, 2.45) is 64.4 Å². The molecule has 6 aliphatic rings. The lowest BCUT2D eigenvalue weighted by atomic mass is 9.39. The number of fused-ring (bicyclic) bond motifs is 1. The average Bonchev–Trinajstić information content (AvgIpc) is 3.24. The summed E-state index contributed by atoms with van der Waals surface area (Å²) in [6.07, 6.45) is 34.8. The van der Waals surface area contributed by atoms with Gasteiger partial charge in [-0.3, -0.25) is 4.79 Å². The predicted molar refractivity (Wildman–Crippen MR) is 237 cm³/mol. The van der Waals surface area contributed by atoms with Crippen LogP contribution in [0.1, 0.15) is 113 Å². The zero-order valence-electron chi connectivity index (χ0n) is 34.9. The highest BCUT2D eigenvalue weighted by Gasteiger charge is 2.63. The largest absolute Gasteiger partial charge is 0.508 e. The van der Waals surface area contributed by atoms with Gasteiger partial charge in [0.2, 0.25) is 0 Å². The van der Waals surface area contributed by atoms with Gasteiger partial charge in [0.05, 0.1) is 5.92 Å². The van der Waals surface area contributed by atoms with E-state index in [1.165, 1.54) is 61.6 Å². The number of aryl methyl sites for hydroxylation is 1. The first kappa shape index (κ1) is 40.9. The molecule has 10 unspecified atom stereocenters. The van der Waals surface area contributed by atoms with Crippen LogP contribution in [0.15, 0.2) is 121 Å². The van der Waals surface area contributed by atoms with Crippen LogP contribution in [0.4, 0.5) is 0 Å². The summed E-state index contributed by atoms with van der Waals surface area (Å²) in [5.74, 6) is 1.66. The number of phenols is 1. The Balaban J connectivity index is 1.19. The molecule has 0 radical (unpaired) electrons. The summed E-state index contributed by atoms with van der Waals surface area (Å²) in [7, 11) is 0. The molecule has 0 heterocycles. The third-order valence-corrected chi connectivity index (χ3v) is 16.2. The summed E-state index contributed by atoms with van der Waals surface area (Å²) in [4.78, 5) is 13.6. The fourth-order valence-electron chi connectivity index (χ4n) is 13.7. The summed E-state index contributed by atoms with van der Waals surface area (Å²) >= 11 is 0. The van der Waals surface area contributed by atoms with E-state index in [4.69, 9.17) is 5.73 Å². The van der Waals surface area contributed by atoms with Crippen molar-refractivity contribution in [3.05, 3.63) is 138 Å². The van der Waals surface area contributed by atoms with E-state index in [1.807, 2.05) is 18.2 Å². The third-order valence-electron chi connectivity index (χ3n) is 16.2. The molecular weight excluding hydrogens is 711 g/mol. The quantitative estimate of drug-likeness (QED) is 0.134. The molecule has 0 amide bonds. The summed E-state index contributed by atoms with van der Waals surface area (Å²) in [5, 5.41) is 21.7. The van der Waals surface area contributed by atoms with Crippen LogP contribution in [0.3, 0.4) is 0 Å². The third kappa shape index (κ3) is 8.56. The first-order chi connectivity index (χ1) is 28.4. The number of nitrogens with two attached hydrogens (primary N) is 1. The number of carboxylic acid groups (broad SMARTS) is 1. The van der Waals surface area contributed by atoms with Gasteiger partial charge in [-0.25, -0.2) is 0 Å². The van der Waals surface area contributed by atoms with Gasteiger partial charge in [-0.15, -0.1) is 0 Å². The molecule has 9 rings (SSSR count).